The predicted molar refractivity (Wildman–Crippen MR) is 115 cm³/mol. The quantitative estimate of drug-likeness (QED) is 0.391. The van der Waals surface area contributed by atoms with E-state index in [9.17, 15) is 0 Å². The van der Waals surface area contributed by atoms with Crippen molar-refractivity contribution >= 4 is 56.0 Å². The van der Waals surface area contributed by atoms with Crippen molar-refractivity contribution in [2.45, 2.75) is 19.4 Å². The number of thiazole rings is 1. The fraction of sp³-hybridized carbons (Fsp3) is 0.150. The monoisotopic (exact) mass is 418 g/mol. The topological polar surface area (TPSA) is 38.9 Å². The number of halogens is 2. The Morgan fingerprint density at radius 1 is 1.08 bits per heavy atom. The first-order valence-electron chi connectivity index (χ1n) is 8.16. The van der Waals surface area contributed by atoms with Gasteiger partial charge in [0.15, 0.2) is 0 Å². The number of hydrogen-bond donors (Lipinski definition) is 1. The number of thiophene rings is 1. The second-order valence-electron chi connectivity index (χ2n) is 6.20. The van der Waals surface area contributed by atoms with Crippen LogP contribution in [0.1, 0.15) is 22.2 Å². The summed E-state index contributed by atoms with van der Waals surface area (Å²) in [7, 11) is 0. The number of nitrogens with zero attached hydrogens (tertiary/aromatic N) is 1. The maximum Gasteiger partial charge on any atom is 0.110 e. The Hall–Kier alpha value is -1.43. The molecule has 0 aliphatic heterocycles. The Bertz CT molecular complexity index is 1070. The maximum absolute atomic E-state index is 6.39. The van der Waals surface area contributed by atoms with E-state index < -0.39 is 0 Å². The van der Waals surface area contributed by atoms with Gasteiger partial charge < -0.3 is 5.73 Å². The van der Waals surface area contributed by atoms with Gasteiger partial charge >= 0.3 is 0 Å². The second-order valence-corrected chi connectivity index (χ2v) is 9.02. The summed E-state index contributed by atoms with van der Waals surface area (Å²) < 4.78 is 1.22. The Kier molecular flexibility index (Phi) is 5.04. The number of aryl methyl sites for hydroxylation is 1. The van der Waals surface area contributed by atoms with Gasteiger partial charge in [0.2, 0.25) is 0 Å². The molecule has 2 heterocycles. The summed E-state index contributed by atoms with van der Waals surface area (Å²) in [6.45, 7) is 2.12. The van der Waals surface area contributed by atoms with E-state index in [4.69, 9.17) is 33.9 Å². The van der Waals surface area contributed by atoms with Gasteiger partial charge in [-0.1, -0.05) is 35.3 Å². The molecule has 26 heavy (non-hydrogen) atoms. The average Bonchev–Trinajstić information content (AvgIpc) is 3.22. The van der Waals surface area contributed by atoms with Crippen LogP contribution in [0.5, 0.6) is 0 Å². The third-order valence-electron chi connectivity index (χ3n) is 4.34. The number of rotatable bonds is 4. The van der Waals surface area contributed by atoms with Gasteiger partial charge in [0, 0.05) is 20.1 Å². The second kappa shape index (κ2) is 7.29. The molecule has 0 bridgehead atoms. The van der Waals surface area contributed by atoms with Crippen LogP contribution in [0.15, 0.2) is 47.8 Å². The van der Waals surface area contributed by atoms with E-state index in [1.165, 1.54) is 20.5 Å². The summed E-state index contributed by atoms with van der Waals surface area (Å²) in [6.07, 6.45) is 0.741. The van der Waals surface area contributed by atoms with E-state index in [1.807, 2.05) is 36.4 Å². The van der Waals surface area contributed by atoms with Gasteiger partial charge in [-0.25, -0.2) is 4.98 Å². The summed E-state index contributed by atoms with van der Waals surface area (Å²) in [5.74, 6) is 0. The summed E-state index contributed by atoms with van der Waals surface area (Å²) in [5.41, 5.74) is 9.76. The van der Waals surface area contributed by atoms with E-state index >= 15 is 0 Å². The molecular weight excluding hydrogens is 403 g/mol. The Balaban J connectivity index is 1.61. The number of benzene rings is 2. The third-order valence-corrected chi connectivity index (χ3v) is 7.10. The number of hydrogen-bond acceptors (Lipinski definition) is 4. The summed E-state index contributed by atoms with van der Waals surface area (Å²) in [5, 5.41) is 5.73. The normalized spacial score (nSPS) is 12.6. The van der Waals surface area contributed by atoms with Crippen molar-refractivity contribution in [2.24, 2.45) is 5.73 Å². The number of nitrogens with two attached hydrogens (primary N) is 1. The van der Waals surface area contributed by atoms with E-state index in [1.54, 1.807) is 22.7 Å². The zero-order valence-corrected chi connectivity index (χ0v) is 17.1. The van der Waals surface area contributed by atoms with Gasteiger partial charge in [-0.05, 0) is 60.2 Å². The van der Waals surface area contributed by atoms with Crippen molar-refractivity contribution in [3.05, 3.63) is 74.0 Å². The van der Waals surface area contributed by atoms with Crippen molar-refractivity contribution in [3.63, 3.8) is 0 Å². The molecule has 0 aliphatic rings. The van der Waals surface area contributed by atoms with Crippen molar-refractivity contribution in [3.8, 4) is 10.6 Å². The van der Waals surface area contributed by atoms with Crippen LogP contribution in [-0.4, -0.2) is 4.98 Å². The molecule has 4 rings (SSSR count). The van der Waals surface area contributed by atoms with E-state index in [2.05, 4.69) is 18.4 Å². The molecule has 0 saturated carbocycles. The molecule has 6 heteroatoms. The lowest BCUT2D eigenvalue weighted by Crippen LogP contribution is -2.13. The number of fused-ring (bicyclic) bond motifs is 1. The summed E-state index contributed by atoms with van der Waals surface area (Å²) in [4.78, 5) is 6.00. The van der Waals surface area contributed by atoms with Gasteiger partial charge in [-0.3, -0.25) is 0 Å². The van der Waals surface area contributed by atoms with Crippen LogP contribution in [-0.2, 0) is 6.42 Å². The first-order chi connectivity index (χ1) is 12.5. The van der Waals surface area contributed by atoms with Crippen molar-refractivity contribution in [1.29, 1.82) is 0 Å². The van der Waals surface area contributed by atoms with Gasteiger partial charge in [0.25, 0.3) is 0 Å². The Labute approximate surface area is 170 Å². The molecule has 0 fully saturated rings. The van der Waals surface area contributed by atoms with Gasteiger partial charge in [0.1, 0.15) is 5.01 Å². The highest BCUT2D eigenvalue weighted by Gasteiger charge is 2.17. The molecule has 4 aromatic rings. The fourth-order valence-corrected chi connectivity index (χ4v) is 5.30. The van der Waals surface area contributed by atoms with Crippen molar-refractivity contribution in [1.82, 2.24) is 4.98 Å². The fourth-order valence-electron chi connectivity index (χ4n) is 2.96. The minimum absolute atomic E-state index is 0.126. The molecule has 1 unspecified atom stereocenters. The predicted octanol–water partition coefficient (Wildman–Crippen LogP) is 6.88. The highest BCUT2D eigenvalue weighted by molar-refractivity contribution is 7.22. The van der Waals surface area contributed by atoms with Crippen molar-refractivity contribution < 1.29 is 0 Å². The van der Waals surface area contributed by atoms with Crippen LogP contribution in [0.2, 0.25) is 10.0 Å². The Morgan fingerprint density at radius 3 is 2.58 bits per heavy atom. The molecule has 2 aromatic carbocycles. The van der Waals surface area contributed by atoms with Gasteiger partial charge in [-0.15, -0.1) is 22.7 Å². The molecule has 132 valence electrons. The van der Waals surface area contributed by atoms with E-state index in [0.717, 1.165) is 32.7 Å². The molecule has 2 N–H and O–H groups in total. The SMILES string of the molecule is Cc1c(-c2csc(C(N)Cc3ccc(Cl)cc3)n2)sc2ccc(Cl)cc12. The van der Waals surface area contributed by atoms with E-state index in [-0.39, 0.29) is 6.04 Å². The van der Waals surface area contributed by atoms with Crippen LogP contribution < -0.4 is 5.73 Å². The van der Waals surface area contributed by atoms with Gasteiger partial charge in [-0.2, -0.15) is 0 Å². The standard InChI is InChI=1S/C20H16Cl2N2S2/c1-11-15-9-14(22)6-7-18(15)26-19(11)17-10-25-20(24-17)16(23)8-12-2-4-13(21)5-3-12/h2-7,9-10,16H,8,23H2,1H3. The van der Waals surface area contributed by atoms with Crippen LogP contribution >= 0.6 is 45.9 Å². The number of aromatic nitrogens is 1. The van der Waals surface area contributed by atoms with Crippen LogP contribution in [0.25, 0.3) is 20.7 Å². The smallest absolute Gasteiger partial charge is 0.110 e. The van der Waals surface area contributed by atoms with Gasteiger partial charge in [0.05, 0.1) is 16.6 Å². The third kappa shape index (κ3) is 3.53. The minimum atomic E-state index is -0.126. The molecule has 0 aliphatic carbocycles. The van der Waals surface area contributed by atoms with Crippen LogP contribution in [0, 0.1) is 6.92 Å². The lowest BCUT2D eigenvalue weighted by atomic mass is 10.1. The molecule has 0 amide bonds. The largest absolute Gasteiger partial charge is 0.322 e. The minimum Gasteiger partial charge on any atom is -0.322 e. The molecule has 0 spiro atoms. The first-order valence-corrected chi connectivity index (χ1v) is 10.6. The highest BCUT2D eigenvalue weighted by Crippen LogP contribution is 2.39. The Morgan fingerprint density at radius 2 is 1.81 bits per heavy atom. The molecule has 0 saturated heterocycles. The molecule has 2 aromatic heterocycles. The zero-order valence-electron chi connectivity index (χ0n) is 14.0. The molecule has 1 atom stereocenters. The van der Waals surface area contributed by atoms with Crippen LogP contribution in [0.3, 0.4) is 0 Å². The lowest BCUT2D eigenvalue weighted by Gasteiger charge is -2.08. The lowest BCUT2D eigenvalue weighted by molar-refractivity contribution is 0.716. The molecule has 2 nitrogen and oxygen atoms in total. The summed E-state index contributed by atoms with van der Waals surface area (Å²) in [6, 6.07) is 13.7. The highest BCUT2D eigenvalue weighted by atomic mass is 35.5. The summed E-state index contributed by atoms with van der Waals surface area (Å²) >= 11 is 15.5. The zero-order chi connectivity index (χ0) is 18.3. The van der Waals surface area contributed by atoms with Crippen LogP contribution in [0.4, 0.5) is 0 Å². The van der Waals surface area contributed by atoms with Crippen molar-refractivity contribution in [2.75, 3.05) is 0 Å². The molecular formula is C20H16Cl2N2S2. The maximum atomic E-state index is 6.39. The average molecular weight is 419 g/mol. The van der Waals surface area contributed by atoms with E-state index in [0.29, 0.717) is 0 Å². The first kappa shape index (κ1) is 18.0. The molecule has 0 radical (unpaired) electrons.